The van der Waals surface area contributed by atoms with E-state index in [-0.39, 0.29) is 5.78 Å². The van der Waals surface area contributed by atoms with Gasteiger partial charge in [-0.15, -0.1) is 0 Å². The average molecular weight is 318 g/mol. The molecule has 1 aliphatic rings. The molecule has 0 amide bonds. The summed E-state index contributed by atoms with van der Waals surface area (Å²) in [6.07, 6.45) is 0. The highest BCUT2D eigenvalue weighted by Crippen LogP contribution is 2.46. The fourth-order valence-corrected chi connectivity index (χ4v) is 3.33. The van der Waals surface area contributed by atoms with Crippen molar-refractivity contribution >= 4 is 52.2 Å². The molecule has 0 saturated carbocycles. The van der Waals surface area contributed by atoms with Crippen molar-refractivity contribution in [3.63, 3.8) is 0 Å². The highest BCUT2D eigenvalue weighted by molar-refractivity contribution is 6.43. The number of benzene rings is 2. The number of carbonyl (C=O) groups excluding carboxylic acids is 1. The number of ketones is 1. The third kappa shape index (κ3) is 1.66. The zero-order valence-corrected chi connectivity index (χ0v) is 11.8. The van der Waals surface area contributed by atoms with Gasteiger partial charge in [0.25, 0.3) is 0 Å². The Bertz CT molecular complexity index is 647. The van der Waals surface area contributed by atoms with Gasteiger partial charge in [0, 0.05) is 32.3 Å². The van der Waals surface area contributed by atoms with Crippen LogP contribution in [0, 0.1) is 0 Å². The summed E-state index contributed by atoms with van der Waals surface area (Å²) in [4.78, 5) is 12.3. The number of rotatable bonds is 0. The lowest BCUT2D eigenvalue weighted by atomic mass is 10.1. The van der Waals surface area contributed by atoms with Crippen LogP contribution in [0.4, 0.5) is 0 Å². The van der Waals surface area contributed by atoms with Crippen molar-refractivity contribution in [2.75, 3.05) is 0 Å². The van der Waals surface area contributed by atoms with Gasteiger partial charge in [-0.05, 0) is 24.3 Å². The molecule has 1 nitrogen and oxygen atoms in total. The van der Waals surface area contributed by atoms with Crippen LogP contribution in [0.25, 0.3) is 11.1 Å². The predicted octanol–water partition coefficient (Wildman–Crippen LogP) is 5.51. The fraction of sp³-hybridized carbons (Fsp3) is 0. The summed E-state index contributed by atoms with van der Waals surface area (Å²) in [5.74, 6) is -0.159. The lowest BCUT2D eigenvalue weighted by molar-refractivity contribution is 0.104. The van der Waals surface area contributed by atoms with E-state index < -0.39 is 0 Å². The minimum Gasteiger partial charge on any atom is -0.289 e. The Morgan fingerprint density at radius 1 is 0.667 bits per heavy atom. The van der Waals surface area contributed by atoms with Crippen LogP contribution in [-0.4, -0.2) is 5.78 Å². The van der Waals surface area contributed by atoms with Crippen LogP contribution in [-0.2, 0) is 0 Å². The summed E-state index contributed by atoms with van der Waals surface area (Å²) in [7, 11) is 0. The Morgan fingerprint density at radius 3 is 1.44 bits per heavy atom. The normalized spacial score (nSPS) is 12.6. The fourth-order valence-electron chi connectivity index (χ4n) is 2.16. The lowest BCUT2D eigenvalue weighted by Gasteiger charge is -2.05. The van der Waals surface area contributed by atoms with Crippen molar-refractivity contribution in [3.05, 3.63) is 55.5 Å². The molecule has 0 spiro atoms. The molecular formula is C13H4Cl4O. The van der Waals surface area contributed by atoms with E-state index in [4.69, 9.17) is 46.4 Å². The van der Waals surface area contributed by atoms with Crippen LogP contribution in [0.5, 0.6) is 0 Å². The zero-order valence-electron chi connectivity index (χ0n) is 8.73. The topological polar surface area (TPSA) is 17.1 Å². The zero-order chi connectivity index (χ0) is 13.0. The van der Waals surface area contributed by atoms with Gasteiger partial charge in [-0.3, -0.25) is 4.79 Å². The van der Waals surface area contributed by atoms with Crippen molar-refractivity contribution in [2.45, 2.75) is 0 Å². The molecule has 90 valence electrons. The van der Waals surface area contributed by atoms with Crippen molar-refractivity contribution in [3.8, 4) is 11.1 Å². The van der Waals surface area contributed by atoms with Gasteiger partial charge in [-0.1, -0.05) is 46.4 Å². The standard InChI is InChI=1S/C13H4Cl4O/c14-5-1-7-11(9(16)3-5)12-8(13(7)18)2-6(15)4-10(12)17/h1-4H. The minimum atomic E-state index is -0.159. The Kier molecular flexibility index (Phi) is 2.83. The molecule has 0 fully saturated rings. The Morgan fingerprint density at radius 2 is 1.06 bits per heavy atom. The maximum absolute atomic E-state index is 12.3. The van der Waals surface area contributed by atoms with Gasteiger partial charge in [-0.2, -0.15) is 0 Å². The van der Waals surface area contributed by atoms with Crippen LogP contribution in [0.15, 0.2) is 24.3 Å². The summed E-state index contributed by atoms with van der Waals surface area (Å²) in [5, 5.41) is 1.66. The smallest absolute Gasteiger partial charge is 0.194 e. The van der Waals surface area contributed by atoms with Crippen LogP contribution in [0.1, 0.15) is 15.9 Å². The number of fused-ring (bicyclic) bond motifs is 3. The third-order valence-electron chi connectivity index (χ3n) is 2.85. The molecule has 3 rings (SSSR count). The lowest BCUT2D eigenvalue weighted by Crippen LogP contribution is -1.95. The van der Waals surface area contributed by atoms with Crippen molar-refractivity contribution in [1.82, 2.24) is 0 Å². The number of hydrogen-bond donors (Lipinski definition) is 0. The molecule has 0 unspecified atom stereocenters. The summed E-state index contributed by atoms with van der Waals surface area (Å²) >= 11 is 24.1. The molecular weight excluding hydrogens is 314 g/mol. The van der Waals surface area contributed by atoms with E-state index in [1.807, 2.05) is 0 Å². The molecule has 2 aromatic rings. The summed E-state index contributed by atoms with van der Waals surface area (Å²) in [6, 6.07) is 6.37. The predicted molar refractivity (Wildman–Crippen MR) is 75.4 cm³/mol. The second-order valence-corrected chi connectivity index (χ2v) is 5.64. The molecule has 0 saturated heterocycles. The molecule has 0 bridgehead atoms. The van der Waals surface area contributed by atoms with E-state index in [2.05, 4.69) is 0 Å². The number of carbonyl (C=O) groups is 1. The molecule has 2 aromatic carbocycles. The van der Waals surface area contributed by atoms with Crippen LogP contribution < -0.4 is 0 Å². The highest BCUT2D eigenvalue weighted by atomic mass is 35.5. The molecule has 0 heterocycles. The van der Waals surface area contributed by atoms with Gasteiger partial charge in [0.1, 0.15) is 0 Å². The molecule has 0 aliphatic heterocycles. The first kappa shape index (κ1) is 12.3. The number of halogens is 4. The number of hydrogen-bond acceptors (Lipinski definition) is 1. The minimum absolute atomic E-state index is 0.159. The quantitative estimate of drug-likeness (QED) is 0.534. The average Bonchev–Trinajstić information content (AvgIpc) is 2.54. The second kappa shape index (κ2) is 4.14. The van der Waals surface area contributed by atoms with E-state index >= 15 is 0 Å². The Hall–Kier alpha value is -0.730. The van der Waals surface area contributed by atoms with E-state index in [1.165, 1.54) is 0 Å². The van der Waals surface area contributed by atoms with Crippen molar-refractivity contribution in [1.29, 1.82) is 0 Å². The molecule has 0 aromatic heterocycles. The van der Waals surface area contributed by atoms with Crippen LogP contribution in [0.2, 0.25) is 20.1 Å². The first-order valence-corrected chi connectivity index (χ1v) is 6.53. The van der Waals surface area contributed by atoms with E-state index in [0.717, 1.165) is 0 Å². The van der Waals surface area contributed by atoms with Crippen LogP contribution >= 0.6 is 46.4 Å². The second-order valence-electron chi connectivity index (χ2n) is 3.95. The summed E-state index contributed by atoms with van der Waals surface area (Å²) in [6.45, 7) is 0. The van der Waals surface area contributed by atoms with Crippen molar-refractivity contribution in [2.24, 2.45) is 0 Å². The largest absolute Gasteiger partial charge is 0.289 e. The van der Waals surface area contributed by atoms with E-state index in [9.17, 15) is 4.79 Å². The summed E-state index contributed by atoms with van der Waals surface area (Å²) in [5.41, 5.74) is 2.18. The molecule has 0 N–H and O–H groups in total. The van der Waals surface area contributed by atoms with E-state index in [0.29, 0.717) is 42.3 Å². The van der Waals surface area contributed by atoms with Gasteiger partial charge in [0.15, 0.2) is 5.78 Å². The molecule has 0 radical (unpaired) electrons. The van der Waals surface area contributed by atoms with Gasteiger partial charge in [-0.25, -0.2) is 0 Å². The highest BCUT2D eigenvalue weighted by Gasteiger charge is 2.31. The van der Waals surface area contributed by atoms with E-state index in [1.54, 1.807) is 24.3 Å². The monoisotopic (exact) mass is 316 g/mol. The van der Waals surface area contributed by atoms with Gasteiger partial charge in [0.2, 0.25) is 0 Å². The maximum Gasteiger partial charge on any atom is 0.194 e. The first-order valence-electron chi connectivity index (χ1n) is 5.02. The molecule has 18 heavy (non-hydrogen) atoms. The van der Waals surface area contributed by atoms with Gasteiger partial charge >= 0.3 is 0 Å². The van der Waals surface area contributed by atoms with Crippen molar-refractivity contribution < 1.29 is 4.79 Å². The molecule has 5 heteroatoms. The first-order chi connectivity index (χ1) is 8.49. The van der Waals surface area contributed by atoms with Crippen LogP contribution in [0.3, 0.4) is 0 Å². The SMILES string of the molecule is O=C1c2cc(Cl)cc(Cl)c2-c2c(Cl)cc(Cl)cc21. The summed E-state index contributed by atoms with van der Waals surface area (Å²) < 4.78 is 0. The Labute approximate surface area is 123 Å². The molecule has 1 aliphatic carbocycles. The third-order valence-corrected chi connectivity index (χ3v) is 3.88. The Balaban J connectivity index is 2.44. The maximum atomic E-state index is 12.3. The van der Waals surface area contributed by atoms with Gasteiger partial charge in [0.05, 0.1) is 10.0 Å². The molecule has 0 atom stereocenters. The van der Waals surface area contributed by atoms with Gasteiger partial charge < -0.3 is 0 Å².